The van der Waals surface area contributed by atoms with Gasteiger partial charge >= 0.3 is 0 Å². The number of aromatic nitrogens is 5. The van der Waals surface area contributed by atoms with E-state index in [9.17, 15) is 22.7 Å². The molecule has 1 unspecified atom stereocenters. The Hall–Kier alpha value is -3.56. The van der Waals surface area contributed by atoms with E-state index < -0.39 is 29.7 Å². The van der Waals surface area contributed by atoms with Gasteiger partial charge in [-0.3, -0.25) is 0 Å². The van der Waals surface area contributed by atoms with Gasteiger partial charge in [-0.1, -0.05) is 0 Å². The molecule has 0 aliphatic carbocycles. The molecule has 0 spiro atoms. The lowest BCUT2D eigenvalue weighted by Crippen LogP contribution is -2.63. The van der Waals surface area contributed by atoms with E-state index in [1.54, 1.807) is 9.47 Å². The van der Waals surface area contributed by atoms with Crippen molar-refractivity contribution in [1.29, 1.82) is 0 Å². The zero-order valence-electron chi connectivity index (χ0n) is 20.1. The van der Waals surface area contributed by atoms with Gasteiger partial charge in [0.1, 0.15) is 34.6 Å². The maximum Gasteiger partial charge on any atom is 0.265 e. The number of aliphatic hydroxyl groups is 1. The van der Waals surface area contributed by atoms with Crippen LogP contribution in [0.5, 0.6) is 5.75 Å². The van der Waals surface area contributed by atoms with Crippen molar-refractivity contribution in [2.24, 2.45) is 5.73 Å². The Morgan fingerprint density at radius 2 is 2.00 bits per heavy atom. The van der Waals surface area contributed by atoms with E-state index in [4.69, 9.17) is 16.2 Å². The summed E-state index contributed by atoms with van der Waals surface area (Å²) in [7, 11) is 1.23. The summed E-state index contributed by atoms with van der Waals surface area (Å²) in [6.07, 6.45) is -1.67. The van der Waals surface area contributed by atoms with Gasteiger partial charge in [0.2, 0.25) is 0 Å². The molecule has 1 fully saturated rings. The van der Waals surface area contributed by atoms with Crippen molar-refractivity contribution in [2.45, 2.75) is 37.5 Å². The second-order valence-corrected chi connectivity index (χ2v) is 10.2. The number of nitrogen functional groups attached to an aromatic ring is 1. The molecule has 38 heavy (non-hydrogen) atoms. The van der Waals surface area contributed by atoms with Crippen molar-refractivity contribution in [3.05, 3.63) is 41.3 Å². The van der Waals surface area contributed by atoms with Crippen molar-refractivity contribution in [3.8, 4) is 16.3 Å². The van der Waals surface area contributed by atoms with Crippen LogP contribution in [-0.2, 0) is 6.54 Å². The Morgan fingerprint density at radius 1 is 1.21 bits per heavy atom. The molecule has 1 saturated heterocycles. The zero-order chi connectivity index (χ0) is 27.2. The fourth-order valence-corrected chi connectivity index (χ4v) is 5.71. The minimum Gasteiger partial charge on any atom is -0.494 e. The Morgan fingerprint density at radius 3 is 2.74 bits per heavy atom. The van der Waals surface area contributed by atoms with Gasteiger partial charge in [0, 0.05) is 24.7 Å². The smallest absolute Gasteiger partial charge is 0.265 e. The number of piperidine rings is 1. The van der Waals surface area contributed by atoms with E-state index in [0.29, 0.717) is 34.8 Å². The number of rotatable bonds is 7. The third-order valence-electron chi connectivity index (χ3n) is 6.57. The second kappa shape index (κ2) is 9.96. The number of imidazole rings is 1. The standard InChI is InChI=1S/C23H24F4N8O2S/c1-37-14-6-12(24)11(5-13(14)25)22-33-20(34-4-2-3-23(29,8-34)17(36)18(26)27)15(38-22)7-35-10-32-16-19(28)30-9-31-21(16)35/h5-6,9-10,17-18,36H,2-4,7-8,29H2,1H3,(H2,28,30,31)/t17?,23-/m1/s1. The number of halogens is 4. The van der Waals surface area contributed by atoms with Crippen LogP contribution in [0, 0.1) is 11.6 Å². The SMILES string of the molecule is COc1cc(F)c(-c2nc(N3CCC[C@](N)(C(O)C(F)F)C3)c(Cn3cnc4c(N)ncnc43)s2)cc1F. The Bertz CT molecular complexity index is 1480. The summed E-state index contributed by atoms with van der Waals surface area (Å²) in [6.45, 7) is 0.448. The van der Waals surface area contributed by atoms with Crippen LogP contribution in [0.25, 0.3) is 21.7 Å². The molecule has 4 aromatic rings. The van der Waals surface area contributed by atoms with Crippen LogP contribution in [0.4, 0.5) is 29.2 Å². The topological polar surface area (TPSA) is 141 Å². The maximum atomic E-state index is 15.0. The molecular weight excluding hydrogens is 528 g/mol. The normalized spacial score (nSPS) is 18.9. The molecule has 3 aromatic heterocycles. The first-order chi connectivity index (χ1) is 18.1. The largest absolute Gasteiger partial charge is 0.494 e. The minimum atomic E-state index is -3.02. The first kappa shape index (κ1) is 26.1. The molecule has 5 rings (SSSR count). The number of methoxy groups -OCH3 is 1. The molecule has 2 atom stereocenters. The third kappa shape index (κ3) is 4.61. The molecule has 5 N–H and O–H groups in total. The van der Waals surface area contributed by atoms with Crippen LogP contribution >= 0.6 is 11.3 Å². The summed E-state index contributed by atoms with van der Waals surface area (Å²) in [5, 5.41) is 10.3. The molecule has 1 aliphatic heterocycles. The Kier molecular flexibility index (Phi) is 6.83. The molecule has 0 radical (unpaired) electrons. The van der Waals surface area contributed by atoms with E-state index in [1.165, 1.54) is 19.8 Å². The van der Waals surface area contributed by atoms with Crippen molar-refractivity contribution in [3.63, 3.8) is 0 Å². The summed E-state index contributed by atoms with van der Waals surface area (Å²) < 4.78 is 62.8. The number of ether oxygens (including phenoxy) is 1. The van der Waals surface area contributed by atoms with E-state index in [1.807, 2.05) is 0 Å². The highest BCUT2D eigenvalue weighted by Gasteiger charge is 2.43. The van der Waals surface area contributed by atoms with Gasteiger partial charge < -0.3 is 30.8 Å². The summed E-state index contributed by atoms with van der Waals surface area (Å²) in [5.41, 5.74) is 11.3. The number of hydrogen-bond acceptors (Lipinski definition) is 10. The van der Waals surface area contributed by atoms with Crippen LogP contribution < -0.4 is 21.1 Å². The van der Waals surface area contributed by atoms with Gasteiger partial charge in [-0.2, -0.15) is 0 Å². The van der Waals surface area contributed by atoms with Crippen molar-refractivity contribution in [2.75, 3.05) is 30.8 Å². The van der Waals surface area contributed by atoms with Crippen molar-refractivity contribution >= 4 is 34.1 Å². The fourth-order valence-electron chi connectivity index (χ4n) is 4.61. The van der Waals surface area contributed by atoms with Crippen LogP contribution in [0.3, 0.4) is 0 Å². The molecule has 0 saturated carbocycles. The lowest BCUT2D eigenvalue weighted by atomic mass is 9.84. The summed E-state index contributed by atoms with van der Waals surface area (Å²) in [4.78, 5) is 19.3. The number of alkyl halides is 2. The molecule has 1 aromatic carbocycles. The fraction of sp³-hybridized carbons (Fsp3) is 0.391. The monoisotopic (exact) mass is 552 g/mol. The molecule has 1 aliphatic rings. The van der Waals surface area contributed by atoms with Gasteiger partial charge in [0.05, 0.1) is 30.4 Å². The Labute approximate surface area is 217 Å². The van der Waals surface area contributed by atoms with Gasteiger partial charge in [-0.25, -0.2) is 37.5 Å². The summed E-state index contributed by atoms with van der Waals surface area (Å²) >= 11 is 1.09. The summed E-state index contributed by atoms with van der Waals surface area (Å²) in [5.74, 6) is -1.23. The highest BCUT2D eigenvalue weighted by Crippen LogP contribution is 2.39. The number of thiazole rings is 1. The molecule has 10 nitrogen and oxygen atoms in total. The number of aliphatic hydroxyl groups excluding tert-OH is 1. The lowest BCUT2D eigenvalue weighted by Gasteiger charge is -2.43. The average molecular weight is 553 g/mol. The zero-order valence-corrected chi connectivity index (χ0v) is 20.9. The number of nitrogens with two attached hydrogens (primary N) is 2. The number of benzene rings is 1. The number of anilines is 2. The van der Waals surface area contributed by atoms with Crippen LogP contribution in [-0.4, -0.2) is 67.9 Å². The highest BCUT2D eigenvalue weighted by molar-refractivity contribution is 7.15. The van der Waals surface area contributed by atoms with Gasteiger partial charge in [-0.15, -0.1) is 11.3 Å². The van der Waals surface area contributed by atoms with Crippen molar-refractivity contribution < 1.29 is 27.4 Å². The highest BCUT2D eigenvalue weighted by atomic mass is 32.1. The number of hydrogen-bond donors (Lipinski definition) is 3. The van der Waals surface area contributed by atoms with E-state index in [0.717, 1.165) is 23.5 Å². The third-order valence-corrected chi connectivity index (χ3v) is 7.64. The molecule has 15 heteroatoms. The molecule has 0 bridgehead atoms. The predicted octanol–water partition coefficient (Wildman–Crippen LogP) is 2.79. The van der Waals surface area contributed by atoms with Crippen LogP contribution in [0.2, 0.25) is 0 Å². The number of nitrogens with zero attached hydrogens (tertiary/aromatic N) is 6. The number of fused-ring (bicyclic) bond motifs is 1. The Balaban J connectivity index is 1.59. The second-order valence-electron chi connectivity index (χ2n) is 9.07. The van der Waals surface area contributed by atoms with Gasteiger partial charge in [-0.05, 0) is 18.9 Å². The quantitative estimate of drug-likeness (QED) is 0.295. The maximum absolute atomic E-state index is 15.0. The van der Waals surface area contributed by atoms with E-state index >= 15 is 0 Å². The van der Waals surface area contributed by atoms with Gasteiger partial charge in [0.25, 0.3) is 6.43 Å². The first-order valence-electron chi connectivity index (χ1n) is 11.6. The van der Waals surface area contributed by atoms with Crippen LogP contribution in [0.15, 0.2) is 24.8 Å². The average Bonchev–Trinajstić information content (AvgIpc) is 3.50. The molecular formula is C23H24F4N8O2S. The lowest BCUT2D eigenvalue weighted by molar-refractivity contribution is -0.0529. The predicted molar refractivity (Wildman–Crippen MR) is 133 cm³/mol. The minimum absolute atomic E-state index is 0.0912. The van der Waals surface area contributed by atoms with E-state index in [2.05, 4.69) is 19.9 Å². The first-order valence-corrected chi connectivity index (χ1v) is 12.4. The van der Waals surface area contributed by atoms with Crippen molar-refractivity contribution in [1.82, 2.24) is 24.5 Å². The summed E-state index contributed by atoms with van der Waals surface area (Å²) in [6, 6.07) is 1.92. The molecule has 4 heterocycles. The van der Waals surface area contributed by atoms with Crippen LogP contribution in [0.1, 0.15) is 17.7 Å². The molecule has 202 valence electrons. The van der Waals surface area contributed by atoms with Gasteiger partial charge in [0.15, 0.2) is 23.0 Å². The molecule has 0 amide bonds. The van der Waals surface area contributed by atoms with E-state index in [-0.39, 0.29) is 41.6 Å².